The van der Waals surface area contributed by atoms with Gasteiger partial charge in [-0.05, 0) is 41.9 Å². The minimum absolute atomic E-state index is 0.522. The Hall–Kier alpha value is -0.0600. The van der Waals surface area contributed by atoms with E-state index in [2.05, 4.69) is 54.7 Å². The average Bonchev–Trinajstić information content (AvgIpc) is 2.34. The standard InChI is InChI=1S/C9H15IN2/c1-7(2)4-8(3)12-6-9(10)5-11-12/h5-8H,4H2,1-3H3. The van der Waals surface area contributed by atoms with Crippen molar-refractivity contribution in [1.29, 1.82) is 0 Å². The molecule has 0 radical (unpaired) electrons. The highest BCUT2D eigenvalue weighted by Gasteiger charge is 2.07. The number of nitrogens with zero attached hydrogens (tertiary/aromatic N) is 2. The van der Waals surface area contributed by atoms with E-state index in [0.717, 1.165) is 5.92 Å². The third-order valence-corrected chi connectivity index (χ3v) is 2.39. The van der Waals surface area contributed by atoms with Crippen LogP contribution in [0.4, 0.5) is 0 Å². The van der Waals surface area contributed by atoms with Gasteiger partial charge < -0.3 is 0 Å². The van der Waals surface area contributed by atoms with Gasteiger partial charge in [0.25, 0.3) is 0 Å². The summed E-state index contributed by atoms with van der Waals surface area (Å²) in [5.74, 6) is 0.738. The zero-order valence-corrected chi connectivity index (χ0v) is 9.95. The first kappa shape index (κ1) is 10.0. The van der Waals surface area contributed by atoms with Gasteiger partial charge in [-0.25, -0.2) is 0 Å². The maximum Gasteiger partial charge on any atom is 0.0623 e. The number of hydrogen-bond donors (Lipinski definition) is 0. The highest BCUT2D eigenvalue weighted by Crippen LogP contribution is 2.16. The molecule has 1 aromatic rings. The molecule has 3 heteroatoms. The molecular weight excluding hydrogens is 263 g/mol. The van der Waals surface area contributed by atoms with Crippen molar-refractivity contribution in [2.45, 2.75) is 33.2 Å². The van der Waals surface area contributed by atoms with E-state index < -0.39 is 0 Å². The summed E-state index contributed by atoms with van der Waals surface area (Å²) >= 11 is 2.28. The molecule has 12 heavy (non-hydrogen) atoms. The van der Waals surface area contributed by atoms with Crippen LogP contribution in [0.15, 0.2) is 12.4 Å². The average molecular weight is 278 g/mol. The number of rotatable bonds is 3. The Morgan fingerprint density at radius 3 is 2.58 bits per heavy atom. The quantitative estimate of drug-likeness (QED) is 0.777. The molecule has 0 amide bonds. The molecule has 1 heterocycles. The summed E-state index contributed by atoms with van der Waals surface area (Å²) in [5, 5.41) is 4.28. The third-order valence-electron chi connectivity index (χ3n) is 1.83. The Bertz CT molecular complexity index is 242. The summed E-state index contributed by atoms with van der Waals surface area (Å²) in [6, 6.07) is 0.522. The second kappa shape index (κ2) is 4.25. The molecule has 0 aromatic carbocycles. The fourth-order valence-electron chi connectivity index (χ4n) is 1.35. The van der Waals surface area contributed by atoms with Crippen LogP contribution >= 0.6 is 22.6 Å². The molecule has 0 aliphatic rings. The molecule has 68 valence electrons. The van der Waals surface area contributed by atoms with Gasteiger partial charge in [0, 0.05) is 12.2 Å². The highest BCUT2D eigenvalue weighted by atomic mass is 127. The Balaban J connectivity index is 2.58. The van der Waals surface area contributed by atoms with Crippen LogP contribution in [0.1, 0.15) is 33.2 Å². The van der Waals surface area contributed by atoms with Crippen LogP contribution in [-0.2, 0) is 0 Å². The van der Waals surface area contributed by atoms with Crippen molar-refractivity contribution in [2.24, 2.45) is 5.92 Å². The SMILES string of the molecule is CC(C)CC(C)n1cc(I)cn1. The molecule has 1 atom stereocenters. The van der Waals surface area contributed by atoms with E-state index in [-0.39, 0.29) is 0 Å². The maximum absolute atomic E-state index is 4.28. The lowest BCUT2D eigenvalue weighted by atomic mass is 10.1. The van der Waals surface area contributed by atoms with E-state index >= 15 is 0 Å². The van der Waals surface area contributed by atoms with Crippen LogP contribution in [0.25, 0.3) is 0 Å². The molecule has 0 bridgehead atoms. The van der Waals surface area contributed by atoms with Crippen molar-refractivity contribution in [1.82, 2.24) is 9.78 Å². The minimum Gasteiger partial charge on any atom is -0.269 e. The second-order valence-corrected chi connectivity index (χ2v) is 4.86. The van der Waals surface area contributed by atoms with Crippen molar-refractivity contribution >= 4 is 22.6 Å². The van der Waals surface area contributed by atoms with E-state index in [4.69, 9.17) is 0 Å². The fourth-order valence-corrected chi connectivity index (χ4v) is 1.76. The molecule has 0 aliphatic heterocycles. The lowest BCUT2D eigenvalue weighted by Crippen LogP contribution is -2.08. The van der Waals surface area contributed by atoms with E-state index in [1.807, 2.05) is 10.9 Å². The molecule has 0 spiro atoms. The molecule has 0 aliphatic carbocycles. The Morgan fingerprint density at radius 1 is 1.50 bits per heavy atom. The predicted molar refractivity (Wildman–Crippen MR) is 59.1 cm³/mol. The van der Waals surface area contributed by atoms with Crippen molar-refractivity contribution in [3.8, 4) is 0 Å². The first-order valence-corrected chi connectivity index (χ1v) is 5.37. The van der Waals surface area contributed by atoms with Gasteiger partial charge in [-0.1, -0.05) is 13.8 Å². The molecule has 2 nitrogen and oxygen atoms in total. The Morgan fingerprint density at radius 2 is 2.17 bits per heavy atom. The molecule has 0 fully saturated rings. The molecule has 0 saturated carbocycles. The predicted octanol–water partition coefficient (Wildman–Crippen LogP) is 3.09. The van der Waals surface area contributed by atoms with Gasteiger partial charge >= 0.3 is 0 Å². The highest BCUT2D eigenvalue weighted by molar-refractivity contribution is 14.1. The van der Waals surface area contributed by atoms with Crippen molar-refractivity contribution in [2.75, 3.05) is 0 Å². The second-order valence-electron chi connectivity index (χ2n) is 3.62. The lowest BCUT2D eigenvalue weighted by Gasteiger charge is -2.13. The van der Waals surface area contributed by atoms with Gasteiger partial charge in [-0.2, -0.15) is 5.10 Å². The van der Waals surface area contributed by atoms with Crippen LogP contribution in [-0.4, -0.2) is 9.78 Å². The molecule has 1 rings (SSSR count). The molecule has 0 saturated heterocycles. The summed E-state index contributed by atoms with van der Waals surface area (Å²) in [6.45, 7) is 6.69. The first-order chi connectivity index (χ1) is 5.59. The van der Waals surface area contributed by atoms with Crippen molar-refractivity contribution in [3.05, 3.63) is 16.0 Å². The van der Waals surface area contributed by atoms with Crippen LogP contribution in [0.2, 0.25) is 0 Å². The summed E-state index contributed by atoms with van der Waals surface area (Å²) in [7, 11) is 0. The van der Waals surface area contributed by atoms with E-state index in [9.17, 15) is 0 Å². The third kappa shape index (κ3) is 2.77. The Kier molecular flexibility index (Phi) is 3.55. The fraction of sp³-hybridized carbons (Fsp3) is 0.667. The summed E-state index contributed by atoms with van der Waals surface area (Å²) in [5.41, 5.74) is 0. The topological polar surface area (TPSA) is 17.8 Å². The normalized spacial score (nSPS) is 13.8. The largest absolute Gasteiger partial charge is 0.269 e. The van der Waals surface area contributed by atoms with Crippen LogP contribution in [0.5, 0.6) is 0 Å². The minimum atomic E-state index is 0.522. The molecule has 1 unspecified atom stereocenters. The lowest BCUT2D eigenvalue weighted by molar-refractivity contribution is 0.398. The van der Waals surface area contributed by atoms with Gasteiger partial charge in [-0.15, -0.1) is 0 Å². The zero-order chi connectivity index (χ0) is 9.14. The van der Waals surface area contributed by atoms with Crippen LogP contribution < -0.4 is 0 Å². The first-order valence-electron chi connectivity index (χ1n) is 4.29. The van der Waals surface area contributed by atoms with E-state index in [0.29, 0.717) is 6.04 Å². The van der Waals surface area contributed by atoms with Crippen molar-refractivity contribution < 1.29 is 0 Å². The van der Waals surface area contributed by atoms with Crippen LogP contribution in [0, 0.1) is 9.49 Å². The Labute approximate surface area is 87.5 Å². The van der Waals surface area contributed by atoms with Gasteiger partial charge in [0.1, 0.15) is 0 Å². The van der Waals surface area contributed by atoms with Gasteiger partial charge in [0.05, 0.1) is 9.77 Å². The molecular formula is C9H15IN2. The smallest absolute Gasteiger partial charge is 0.0623 e. The number of hydrogen-bond acceptors (Lipinski definition) is 1. The molecule has 1 aromatic heterocycles. The zero-order valence-electron chi connectivity index (χ0n) is 7.79. The number of halogens is 1. The van der Waals surface area contributed by atoms with Crippen LogP contribution in [0.3, 0.4) is 0 Å². The van der Waals surface area contributed by atoms with E-state index in [1.165, 1.54) is 9.99 Å². The summed E-state index contributed by atoms with van der Waals surface area (Å²) < 4.78 is 3.25. The number of aromatic nitrogens is 2. The van der Waals surface area contributed by atoms with E-state index in [1.54, 1.807) is 0 Å². The maximum atomic E-state index is 4.28. The molecule has 0 N–H and O–H groups in total. The van der Waals surface area contributed by atoms with Gasteiger partial charge in [0.15, 0.2) is 0 Å². The summed E-state index contributed by atoms with van der Waals surface area (Å²) in [4.78, 5) is 0. The summed E-state index contributed by atoms with van der Waals surface area (Å²) in [6.07, 6.45) is 5.18. The van der Waals surface area contributed by atoms with Gasteiger partial charge in [0.2, 0.25) is 0 Å². The van der Waals surface area contributed by atoms with Crippen molar-refractivity contribution in [3.63, 3.8) is 0 Å². The van der Waals surface area contributed by atoms with Gasteiger partial charge in [-0.3, -0.25) is 4.68 Å². The monoisotopic (exact) mass is 278 g/mol.